The van der Waals surface area contributed by atoms with Gasteiger partial charge in [0.15, 0.2) is 0 Å². The van der Waals surface area contributed by atoms with Crippen molar-refractivity contribution in [1.29, 1.82) is 0 Å². The molecule has 2 aromatic rings. The third-order valence-corrected chi connectivity index (χ3v) is 4.68. The van der Waals surface area contributed by atoms with E-state index in [0.29, 0.717) is 19.0 Å². The molecule has 1 amide bonds. The number of amides is 1. The topological polar surface area (TPSA) is 79.5 Å². The highest BCUT2D eigenvalue weighted by atomic mass is 16.5. The van der Waals surface area contributed by atoms with Crippen LogP contribution in [0.15, 0.2) is 35.1 Å². The van der Waals surface area contributed by atoms with Crippen LogP contribution in [0.4, 0.5) is 0 Å². The van der Waals surface area contributed by atoms with Gasteiger partial charge in [-0.15, -0.1) is 0 Å². The second kappa shape index (κ2) is 5.77. The fourth-order valence-electron chi connectivity index (χ4n) is 3.16. The monoisotopic (exact) mass is 313 g/mol. The van der Waals surface area contributed by atoms with Gasteiger partial charge in [-0.05, 0) is 37.0 Å². The Morgan fingerprint density at radius 3 is 2.83 bits per heavy atom. The molecule has 4 rings (SSSR count). The Hall–Kier alpha value is -2.21. The molecule has 0 spiro atoms. The predicted octanol–water partition coefficient (Wildman–Crippen LogP) is 1.62. The highest BCUT2D eigenvalue weighted by Crippen LogP contribution is 2.39. The lowest BCUT2D eigenvalue weighted by molar-refractivity contribution is 0.0724. The molecule has 120 valence electrons. The summed E-state index contributed by atoms with van der Waals surface area (Å²) in [5.74, 6) is 0.598. The lowest BCUT2D eigenvalue weighted by Crippen LogP contribution is -2.29. The molecule has 2 aromatic heterocycles. The van der Waals surface area contributed by atoms with Gasteiger partial charge in [-0.1, -0.05) is 5.16 Å². The van der Waals surface area contributed by atoms with E-state index in [-0.39, 0.29) is 17.6 Å². The van der Waals surface area contributed by atoms with E-state index in [2.05, 4.69) is 10.1 Å². The van der Waals surface area contributed by atoms with Gasteiger partial charge in [0.25, 0.3) is 5.91 Å². The van der Waals surface area contributed by atoms with Crippen molar-refractivity contribution < 1.29 is 14.4 Å². The van der Waals surface area contributed by atoms with Gasteiger partial charge in [0.1, 0.15) is 0 Å². The molecule has 6 nitrogen and oxygen atoms in total. The van der Waals surface area contributed by atoms with Crippen LogP contribution >= 0.6 is 0 Å². The summed E-state index contributed by atoms with van der Waals surface area (Å²) in [6.45, 7) is 0.871. The zero-order chi connectivity index (χ0) is 15.8. The number of β-amino-alcohol motifs (C(OH)–C–C–N with tert-alkyl or cyclic N) is 1. The average Bonchev–Trinajstić information content (AvgIpc) is 3.19. The van der Waals surface area contributed by atoms with Crippen molar-refractivity contribution in [2.24, 2.45) is 5.92 Å². The number of rotatable bonds is 4. The number of carbonyl (C=O) groups is 1. The summed E-state index contributed by atoms with van der Waals surface area (Å²) in [5.41, 5.74) is 2.00. The predicted molar refractivity (Wildman–Crippen MR) is 81.8 cm³/mol. The van der Waals surface area contributed by atoms with Crippen LogP contribution in [-0.2, 0) is 6.42 Å². The summed E-state index contributed by atoms with van der Waals surface area (Å²) in [6.07, 6.45) is 5.95. The smallest absolute Gasteiger partial charge is 0.292 e. The Morgan fingerprint density at radius 1 is 1.30 bits per heavy atom. The summed E-state index contributed by atoms with van der Waals surface area (Å²) in [5, 5.41) is 14.2. The molecule has 1 saturated heterocycles. The lowest BCUT2D eigenvalue weighted by atomic mass is 9.97. The van der Waals surface area contributed by atoms with Crippen molar-refractivity contribution in [3.63, 3.8) is 0 Å². The van der Waals surface area contributed by atoms with Gasteiger partial charge in [0.05, 0.1) is 11.8 Å². The molecule has 2 atom stereocenters. The number of aliphatic hydroxyl groups is 1. The van der Waals surface area contributed by atoms with Crippen molar-refractivity contribution in [1.82, 2.24) is 15.0 Å². The van der Waals surface area contributed by atoms with Crippen LogP contribution < -0.4 is 0 Å². The van der Waals surface area contributed by atoms with Gasteiger partial charge in [-0.25, -0.2) is 0 Å². The van der Waals surface area contributed by atoms with Crippen LogP contribution in [0.2, 0.25) is 0 Å². The number of aliphatic hydroxyl groups excluding tert-OH is 1. The number of hydrogen-bond acceptors (Lipinski definition) is 5. The zero-order valence-electron chi connectivity index (χ0n) is 12.8. The largest absolute Gasteiger partial charge is 0.391 e. The maximum absolute atomic E-state index is 12.5. The fraction of sp³-hybridized carbons (Fsp3) is 0.471. The molecular weight excluding hydrogens is 294 g/mol. The van der Waals surface area contributed by atoms with Gasteiger partial charge in [-0.3, -0.25) is 9.78 Å². The number of aromatic nitrogens is 2. The molecule has 2 aliphatic rings. The standard InChI is InChI=1S/C17H19N3O3/c21-15-10-20(9-13(15)7-11-3-5-18-6-4-11)17(22)16-8-14(19-23-16)12-1-2-12/h3-6,8,12-13,15,21H,1-2,7,9-10H2/t13-,15-/m1/s1. The first-order valence-electron chi connectivity index (χ1n) is 8.03. The lowest BCUT2D eigenvalue weighted by Gasteiger charge is -2.14. The molecule has 1 N–H and O–H groups in total. The minimum atomic E-state index is -0.516. The summed E-state index contributed by atoms with van der Waals surface area (Å²) in [6, 6.07) is 5.63. The first kappa shape index (κ1) is 14.4. The van der Waals surface area contributed by atoms with Gasteiger partial charge in [-0.2, -0.15) is 0 Å². The minimum absolute atomic E-state index is 0.0344. The van der Waals surface area contributed by atoms with Gasteiger partial charge in [0, 0.05) is 43.4 Å². The van der Waals surface area contributed by atoms with E-state index in [9.17, 15) is 9.90 Å². The summed E-state index contributed by atoms with van der Waals surface area (Å²) >= 11 is 0. The van der Waals surface area contributed by atoms with Crippen LogP contribution in [-0.4, -0.2) is 45.2 Å². The molecule has 1 aliphatic heterocycles. The third-order valence-electron chi connectivity index (χ3n) is 4.68. The Bertz CT molecular complexity index is 696. The second-order valence-corrected chi connectivity index (χ2v) is 6.49. The molecule has 3 heterocycles. The van der Waals surface area contributed by atoms with E-state index < -0.39 is 6.10 Å². The number of pyridine rings is 1. The normalized spacial score (nSPS) is 24.1. The first-order chi connectivity index (χ1) is 11.2. The van der Waals surface area contributed by atoms with Gasteiger partial charge >= 0.3 is 0 Å². The molecule has 0 radical (unpaired) electrons. The Balaban J connectivity index is 1.42. The van der Waals surface area contributed by atoms with Crippen molar-refractivity contribution in [3.8, 4) is 0 Å². The molecule has 1 aliphatic carbocycles. The van der Waals surface area contributed by atoms with E-state index in [4.69, 9.17) is 4.52 Å². The SMILES string of the molecule is O=C(c1cc(C2CC2)no1)N1C[C@@H](Cc2ccncc2)[C@H](O)C1. The number of nitrogens with zero attached hydrogens (tertiary/aromatic N) is 3. The molecule has 23 heavy (non-hydrogen) atoms. The third kappa shape index (κ3) is 2.99. The van der Waals surface area contributed by atoms with E-state index >= 15 is 0 Å². The maximum Gasteiger partial charge on any atom is 0.292 e. The second-order valence-electron chi connectivity index (χ2n) is 6.49. The molecule has 2 fully saturated rings. The number of likely N-dealkylation sites (tertiary alicyclic amines) is 1. The highest BCUT2D eigenvalue weighted by molar-refractivity contribution is 5.91. The Labute approximate surface area is 134 Å². The molecule has 6 heteroatoms. The van der Waals surface area contributed by atoms with Crippen molar-refractivity contribution in [3.05, 3.63) is 47.6 Å². The van der Waals surface area contributed by atoms with E-state index in [0.717, 1.165) is 30.5 Å². The Kier molecular flexibility index (Phi) is 3.61. The zero-order valence-corrected chi connectivity index (χ0v) is 12.8. The van der Waals surface area contributed by atoms with E-state index in [1.54, 1.807) is 23.4 Å². The van der Waals surface area contributed by atoms with E-state index in [1.165, 1.54) is 0 Å². The van der Waals surface area contributed by atoms with Gasteiger partial charge < -0.3 is 14.5 Å². The highest BCUT2D eigenvalue weighted by Gasteiger charge is 2.36. The summed E-state index contributed by atoms with van der Waals surface area (Å²) < 4.78 is 5.20. The molecular formula is C17H19N3O3. The van der Waals surface area contributed by atoms with Crippen LogP contribution in [0.1, 0.15) is 40.6 Å². The molecule has 1 saturated carbocycles. The average molecular weight is 313 g/mol. The van der Waals surface area contributed by atoms with Crippen LogP contribution in [0, 0.1) is 5.92 Å². The summed E-state index contributed by atoms with van der Waals surface area (Å²) in [4.78, 5) is 18.2. The Morgan fingerprint density at radius 2 is 2.09 bits per heavy atom. The molecule has 0 unspecified atom stereocenters. The van der Waals surface area contributed by atoms with Crippen molar-refractivity contribution in [2.75, 3.05) is 13.1 Å². The fourth-order valence-corrected chi connectivity index (χ4v) is 3.16. The van der Waals surface area contributed by atoms with Crippen LogP contribution in [0.3, 0.4) is 0 Å². The number of carbonyl (C=O) groups excluding carboxylic acids is 1. The van der Waals surface area contributed by atoms with Crippen molar-refractivity contribution >= 4 is 5.91 Å². The maximum atomic E-state index is 12.5. The quantitative estimate of drug-likeness (QED) is 0.928. The first-order valence-corrected chi connectivity index (χ1v) is 8.03. The summed E-state index contributed by atoms with van der Waals surface area (Å²) in [7, 11) is 0. The van der Waals surface area contributed by atoms with E-state index in [1.807, 2.05) is 12.1 Å². The van der Waals surface area contributed by atoms with Crippen molar-refractivity contribution in [2.45, 2.75) is 31.3 Å². The minimum Gasteiger partial charge on any atom is -0.391 e. The van der Waals surface area contributed by atoms with Gasteiger partial charge in [0.2, 0.25) is 5.76 Å². The van der Waals surface area contributed by atoms with Crippen LogP contribution in [0.25, 0.3) is 0 Å². The number of hydrogen-bond donors (Lipinski definition) is 1. The molecule has 0 aromatic carbocycles. The molecule has 0 bridgehead atoms. The van der Waals surface area contributed by atoms with Crippen LogP contribution in [0.5, 0.6) is 0 Å².